The quantitative estimate of drug-likeness (QED) is 0.772. The van der Waals surface area contributed by atoms with Crippen molar-refractivity contribution in [3.05, 3.63) is 29.1 Å². The first kappa shape index (κ1) is 17.4. The van der Waals surface area contributed by atoms with E-state index in [0.29, 0.717) is 6.61 Å². The normalized spacial score (nSPS) is 19.8. The Morgan fingerprint density at radius 1 is 1.25 bits per heavy atom. The third-order valence-electron chi connectivity index (χ3n) is 5.79. The van der Waals surface area contributed by atoms with Gasteiger partial charge in [0.2, 0.25) is 0 Å². The van der Waals surface area contributed by atoms with E-state index in [1.165, 1.54) is 0 Å². The van der Waals surface area contributed by atoms with Crippen LogP contribution in [0.25, 0.3) is 10.2 Å². The van der Waals surface area contributed by atoms with Gasteiger partial charge < -0.3 is 9.30 Å². The van der Waals surface area contributed by atoms with Gasteiger partial charge in [0.15, 0.2) is 4.80 Å². The number of aromatic nitrogens is 1. The van der Waals surface area contributed by atoms with E-state index in [-0.39, 0.29) is 22.7 Å². The fraction of sp³-hybridized carbons (Fsp3) is 0.579. The van der Waals surface area contributed by atoms with E-state index in [1.54, 1.807) is 18.4 Å². The predicted octanol–water partition coefficient (Wildman–Crippen LogP) is 3.85. The first-order valence-corrected chi connectivity index (χ1v) is 9.28. The number of hydrogen-bond donors (Lipinski definition) is 0. The lowest BCUT2D eigenvalue weighted by Crippen LogP contribution is -2.19. The maximum Gasteiger partial charge on any atom is 0.252 e. The number of amides is 1. The molecule has 0 radical (unpaired) electrons. The van der Waals surface area contributed by atoms with Gasteiger partial charge in [-0.25, -0.2) is 0 Å². The average Bonchev–Trinajstić information content (AvgIpc) is 2.78. The third kappa shape index (κ3) is 2.74. The Bertz CT molecular complexity index is 815. The standard InChI is InChI=1S/C19H26N2O2S/c1-18(2)15(19(18,3)4)16(22)20-17-21(11-8-12-23-5)13-9-6-7-10-14(13)24-17/h6-7,9-10,15H,8,11-12H2,1-5H3. The van der Waals surface area contributed by atoms with Gasteiger partial charge in [-0.05, 0) is 29.4 Å². The number of carbonyl (C=O) groups is 1. The molecule has 5 heteroatoms. The summed E-state index contributed by atoms with van der Waals surface area (Å²) in [5, 5.41) is 0. The van der Waals surface area contributed by atoms with Crippen LogP contribution in [0.15, 0.2) is 29.3 Å². The van der Waals surface area contributed by atoms with E-state index >= 15 is 0 Å². The molecule has 1 amide bonds. The third-order valence-corrected chi connectivity index (χ3v) is 6.85. The van der Waals surface area contributed by atoms with Crippen molar-refractivity contribution in [3.63, 3.8) is 0 Å². The Kier molecular flexibility index (Phi) is 4.43. The zero-order valence-corrected chi connectivity index (χ0v) is 15.9. The Morgan fingerprint density at radius 3 is 2.54 bits per heavy atom. The summed E-state index contributed by atoms with van der Waals surface area (Å²) < 4.78 is 8.48. The highest BCUT2D eigenvalue weighted by molar-refractivity contribution is 7.16. The number of methoxy groups -OCH3 is 1. The van der Waals surface area contributed by atoms with Gasteiger partial charge in [-0.2, -0.15) is 4.99 Å². The van der Waals surface area contributed by atoms with Crippen molar-refractivity contribution in [2.24, 2.45) is 21.7 Å². The molecule has 0 saturated heterocycles. The molecular formula is C19H26N2O2S. The number of hydrogen-bond acceptors (Lipinski definition) is 3. The average molecular weight is 346 g/mol. The van der Waals surface area contributed by atoms with Crippen LogP contribution in [0.5, 0.6) is 0 Å². The zero-order valence-electron chi connectivity index (χ0n) is 15.1. The van der Waals surface area contributed by atoms with Crippen LogP contribution in [-0.4, -0.2) is 24.2 Å². The summed E-state index contributed by atoms with van der Waals surface area (Å²) >= 11 is 1.59. The minimum Gasteiger partial charge on any atom is -0.385 e. The largest absolute Gasteiger partial charge is 0.385 e. The van der Waals surface area contributed by atoms with Crippen LogP contribution >= 0.6 is 11.3 Å². The van der Waals surface area contributed by atoms with Gasteiger partial charge in [0.25, 0.3) is 5.91 Å². The highest BCUT2D eigenvalue weighted by Crippen LogP contribution is 2.68. The van der Waals surface area contributed by atoms with Crippen LogP contribution < -0.4 is 4.80 Å². The summed E-state index contributed by atoms with van der Waals surface area (Å²) in [5.74, 6) is 0.0136. The molecule has 0 bridgehead atoms. The molecule has 130 valence electrons. The number of aryl methyl sites for hydroxylation is 1. The highest BCUT2D eigenvalue weighted by Gasteiger charge is 2.68. The lowest BCUT2D eigenvalue weighted by atomic mass is 10.0. The molecule has 24 heavy (non-hydrogen) atoms. The topological polar surface area (TPSA) is 43.6 Å². The van der Waals surface area contributed by atoms with Crippen molar-refractivity contribution in [2.45, 2.75) is 40.7 Å². The SMILES string of the molecule is COCCCn1c(=NC(=O)C2C(C)(C)C2(C)C)sc2ccccc21. The Hall–Kier alpha value is -1.46. The first-order chi connectivity index (χ1) is 11.3. The van der Waals surface area contributed by atoms with Crippen molar-refractivity contribution < 1.29 is 9.53 Å². The molecule has 0 atom stereocenters. The number of nitrogens with zero attached hydrogens (tertiary/aromatic N) is 2. The second-order valence-corrected chi connectivity index (χ2v) is 8.69. The fourth-order valence-electron chi connectivity index (χ4n) is 3.66. The Morgan fingerprint density at radius 2 is 1.92 bits per heavy atom. The monoisotopic (exact) mass is 346 g/mol. The highest BCUT2D eigenvalue weighted by atomic mass is 32.1. The van der Waals surface area contributed by atoms with E-state index in [2.05, 4.69) is 49.4 Å². The van der Waals surface area contributed by atoms with Crippen molar-refractivity contribution >= 4 is 27.5 Å². The molecule has 1 aliphatic rings. The van der Waals surface area contributed by atoms with Gasteiger partial charge in [0, 0.05) is 20.3 Å². The molecule has 3 rings (SSSR count). The molecule has 1 aromatic carbocycles. The van der Waals surface area contributed by atoms with Gasteiger partial charge >= 0.3 is 0 Å². The van der Waals surface area contributed by atoms with Crippen LogP contribution in [-0.2, 0) is 16.1 Å². The Balaban J connectivity index is 1.99. The van der Waals surface area contributed by atoms with E-state index < -0.39 is 0 Å². The zero-order chi connectivity index (χ0) is 17.5. The van der Waals surface area contributed by atoms with Crippen LogP contribution in [0.4, 0.5) is 0 Å². The lowest BCUT2D eigenvalue weighted by Gasteiger charge is -2.04. The van der Waals surface area contributed by atoms with E-state index in [0.717, 1.165) is 28.0 Å². The van der Waals surface area contributed by atoms with Gasteiger partial charge in [-0.3, -0.25) is 4.79 Å². The van der Waals surface area contributed by atoms with Crippen molar-refractivity contribution in [3.8, 4) is 0 Å². The molecule has 1 aliphatic carbocycles. The number of thiazole rings is 1. The summed E-state index contributed by atoms with van der Waals surface area (Å²) in [6, 6.07) is 8.23. The van der Waals surface area contributed by atoms with E-state index in [4.69, 9.17) is 4.74 Å². The minimum absolute atomic E-state index is 0.00244. The number of carbonyl (C=O) groups excluding carboxylic acids is 1. The minimum atomic E-state index is 0.00244. The summed E-state index contributed by atoms with van der Waals surface area (Å²) in [7, 11) is 1.71. The van der Waals surface area contributed by atoms with Gasteiger partial charge in [0.05, 0.1) is 16.1 Å². The van der Waals surface area contributed by atoms with Gasteiger partial charge in [-0.1, -0.05) is 51.2 Å². The molecule has 0 spiro atoms. The summed E-state index contributed by atoms with van der Waals surface area (Å²) in [6.45, 7) is 10.1. The number of rotatable bonds is 5. The number of para-hydroxylation sites is 1. The molecule has 1 aromatic heterocycles. The fourth-order valence-corrected chi connectivity index (χ4v) is 4.72. The van der Waals surface area contributed by atoms with Crippen LogP contribution in [0.3, 0.4) is 0 Å². The van der Waals surface area contributed by atoms with Crippen molar-refractivity contribution in [1.82, 2.24) is 4.57 Å². The second kappa shape index (κ2) is 6.12. The second-order valence-electron chi connectivity index (χ2n) is 7.68. The number of benzene rings is 1. The summed E-state index contributed by atoms with van der Waals surface area (Å²) in [4.78, 5) is 18.1. The summed E-state index contributed by atoms with van der Waals surface area (Å²) in [5.41, 5.74) is 1.18. The van der Waals surface area contributed by atoms with E-state index in [9.17, 15) is 4.79 Å². The Labute approximate surface area is 147 Å². The maximum atomic E-state index is 12.8. The van der Waals surface area contributed by atoms with Gasteiger partial charge in [0.1, 0.15) is 0 Å². The number of fused-ring (bicyclic) bond motifs is 1. The molecule has 1 saturated carbocycles. The van der Waals surface area contributed by atoms with Crippen LogP contribution in [0, 0.1) is 16.7 Å². The van der Waals surface area contributed by atoms with Crippen LogP contribution in [0.1, 0.15) is 34.1 Å². The summed E-state index contributed by atoms with van der Waals surface area (Å²) in [6.07, 6.45) is 0.902. The molecule has 2 aromatic rings. The van der Waals surface area contributed by atoms with Crippen molar-refractivity contribution in [1.29, 1.82) is 0 Å². The van der Waals surface area contributed by atoms with Crippen LogP contribution in [0.2, 0.25) is 0 Å². The maximum absolute atomic E-state index is 12.8. The van der Waals surface area contributed by atoms with E-state index in [1.807, 2.05) is 12.1 Å². The molecular weight excluding hydrogens is 320 g/mol. The molecule has 0 N–H and O–H groups in total. The molecule has 1 heterocycles. The smallest absolute Gasteiger partial charge is 0.252 e. The van der Waals surface area contributed by atoms with Gasteiger partial charge in [-0.15, -0.1) is 0 Å². The lowest BCUT2D eigenvalue weighted by molar-refractivity contribution is -0.120. The molecule has 0 aliphatic heterocycles. The first-order valence-electron chi connectivity index (χ1n) is 8.46. The molecule has 1 fully saturated rings. The molecule has 0 unspecified atom stereocenters. The number of ether oxygens (including phenoxy) is 1. The van der Waals surface area contributed by atoms with Crippen molar-refractivity contribution in [2.75, 3.05) is 13.7 Å². The molecule has 4 nitrogen and oxygen atoms in total. The predicted molar refractivity (Wildman–Crippen MR) is 97.9 cm³/mol.